The van der Waals surface area contributed by atoms with Crippen LogP contribution in [0.3, 0.4) is 0 Å². The fourth-order valence-electron chi connectivity index (χ4n) is 1.83. The first-order valence-electron chi connectivity index (χ1n) is 3.93. The van der Waals surface area contributed by atoms with Crippen molar-refractivity contribution in [2.24, 2.45) is 11.1 Å². The van der Waals surface area contributed by atoms with Gasteiger partial charge in [-0.15, -0.1) is 0 Å². The lowest BCUT2D eigenvalue weighted by Crippen LogP contribution is -2.45. The summed E-state index contributed by atoms with van der Waals surface area (Å²) in [5.74, 6) is 0. The van der Waals surface area contributed by atoms with Crippen molar-refractivity contribution >= 4 is 0 Å². The Bertz CT molecular complexity index is 156. The molecule has 0 aliphatic heterocycles. The second kappa shape index (κ2) is 2.41. The van der Waals surface area contributed by atoms with Crippen molar-refractivity contribution in [3.05, 3.63) is 0 Å². The predicted molar refractivity (Wildman–Crippen MR) is 40.6 cm³/mol. The summed E-state index contributed by atoms with van der Waals surface area (Å²) in [6, 6.07) is 0. The van der Waals surface area contributed by atoms with Crippen LogP contribution in [0.15, 0.2) is 0 Å². The molecule has 1 unspecified atom stereocenters. The SMILES string of the molecule is CC1(C)CCC(N)(C(F)F)C1. The summed E-state index contributed by atoms with van der Waals surface area (Å²) >= 11 is 0. The van der Waals surface area contributed by atoms with Gasteiger partial charge < -0.3 is 5.73 Å². The standard InChI is InChI=1S/C8H15F2N/c1-7(2)3-4-8(11,5-7)6(9)10/h6H,3-5,11H2,1-2H3. The topological polar surface area (TPSA) is 26.0 Å². The molecule has 1 atom stereocenters. The van der Waals surface area contributed by atoms with Crippen molar-refractivity contribution in [3.63, 3.8) is 0 Å². The van der Waals surface area contributed by atoms with E-state index in [1.54, 1.807) is 0 Å². The van der Waals surface area contributed by atoms with E-state index in [1.165, 1.54) is 0 Å². The number of hydrogen-bond donors (Lipinski definition) is 1. The number of nitrogens with two attached hydrogens (primary N) is 1. The molecule has 1 saturated carbocycles. The van der Waals surface area contributed by atoms with Gasteiger partial charge in [0.2, 0.25) is 0 Å². The minimum Gasteiger partial charge on any atom is -0.320 e. The van der Waals surface area contributed by atoms with Gasteiger partial charge >= 0.3 is 0 Å². The summed E-state index contributed by atoms with van der Waals surface area (Å²) in [6.45, 7) is 3.98. The Morgan fingerprint density at radius 2 is 1.82 bits per heavy atom. The molecule has 11 heavy (non-hydrogen) atoms. The molecule has 0 spiro atoms. The molecule has 1 nitrogen and oxygen atoms in total. The highest BCUT2D eigenvalue weighted by atomic mass is 19.3. The van der Waals surface area contributed by atoms with Gasteiger partial charge in [-0.3, -0.25) is 0 Å². The van der Waals surface area contributed by atoms with E-state index >= 15 is 0 Å². The molecule has 0 aromatic carbocycles. The first-order chi connectivity index (χ1) is 4.86. The predicted octanol–water partition coefficient (Wildman–Crippen LogP) is 2.16. The number of hydrogen-bond acceptors (Lipinski definition) is 1. The first kappa shape index (κ1) is 8.91. The highest BCUT2D eigenvalue weighted by Gasteiger charge is 2.46. The second-order valence-corrected chi connectivity index (χ2v) is 4.37. The third kappa shape index (κ3) is 1.70. The molecular weight excluding hydrogens is 148 g/mol. The number of rotatable bonds is 1. The third-order valence-corrected chi connectivity index (χ3v) is 2.51. The quantitative estimate of drug-likeness (QED) is 0.629. The normalized spacial score (nSPS) is 36.5. The molecule has 1 fully saturated rings. The van der Waals surface area contributed by atoms with E-state index in [0.29, 0.717) is 12.8 Å². The highest BCUT2D eigenvalue weighted by Crippen LogP contribution is 2.44. The van der Waals surface area contributed by atoms with Crippen molar-refractivity contribution in [1.82, 2.24) is 0 Å². The molecule has 0 saturated heterocycles. The lowest BCUT2D eigenvalue weighted by atomic mass is 9.88. The minimum absolute atomic E-state index is 0.00514. The van der Waals surface area contributed by atoms with E-state index in [4.69, 9.17) is 5.73 Å². The Hall–Kier alpha value is -0.180. The van der Waals surface area contributed by atoms with E-state index in [2.05, 4.69) is 0 Å². The minimum atomic E-state index is -2.37. The molecule has 66 valence electrons. The van der Waals surface area contributed by atoms with Crippen LogP contribution >= 0.6 is 0 Å². The van der Waals surface area contributed by atoms with E-state index in [9.17, 15) is 8.78 Å². The molecule has 0 aromatic rings. The van der Waals surface area contributed by atoms with Crippen LogP contribution in [0, 0.1) is 5.41 Å². The molecule has 0 amide bonds. The maximum Gasteiger partial charge on any atom is 0.256 e. The van der Waals surface area contributed by atoms with Crippen molar-refractivity contribution < 1.29 is 8.78 Å². The first-order valence-corrected chi connectivity index (χ1v) is 3.93. The van der Waals surface area contributed by atoms with E-state index < -0.39 is 12.0 Å². The fourth-order valence-corrected chi connectivity index (χ4v) is 1.83. The van der Waals surface area contributed by atoms with Gasteiger partial charge in [-0.1, -0.05) is 13.8 Å². The zero-order chi connectivity index (χ0) is 8.70. The van der Waals surface area contributed by atoms with Gasteiger partial charge in [0.15, 0.2) is 0 Å². The van der Waals surface area contributed by atoms with Gasteiger partial charge in [0.05, 0.1) is 5.54 Å². The van der Waals surface area contributed by atoms with Crippen molar-refractivity contribution in [2.75, 3.05) is 0 Å². The van der Waals surface area contributed by atoms with Gasteiger partial charge in [0.1, 0.15) is 0 Å². The average molecular weight is 163 g/mol. The molecule has 0 bridgehead atoms. The Morgan fingerprint density at radius 1 is 1.27 bits per heavy atom. The van der Waals surface area contributed by atoms with Crippen LogP contribution in [0.1, 0.15) is 33.1 Å². The summed E-state index contributed by atoms with van der Waals surface area (Å²) in [5, 5.41) is 0. The van der Waals surface area contributed by atoms with Crippen LogP contribution in [-0.4, -0.2) is 12.0 Å². The zero-order valence-electron chi connectivity index (χ0n) is 7.03. The number of alkyl halides is 2. The molecule has 1 aliphatic rings. The largest absolute Gasteiger partial charge is 0.320 e. The van der Waals surface area contributed by atoms with Gasteiger partial charge in [-0.05, 0) is 24.7 Å². The van der Waals surface area contributed by atoms with Crippen LogP contribution in [0.5, 0.6) is 0 Å². The summed E-state index contributed by atoms with van der Waals surface area (Å²) in [5.41, 5.74) is 4.33. The van der Waals surface area contributed by atoms with Gasteiger partial charge in [-0.25, -0.2) is 8.78 Å². The van der Waals surface area contributed by atoms with Crippen molar-refractivity contribution in [1.29, 1.82) is 0 Å². The van der Waals surface area contributed by atoms with E-state index in [0.717, 1.165) is 6.42 Å². The molecule has 1 aliphatic carbocycles. The summed E-state index contributed by atoms with van der Waals surface area (Å²) in [6.07, 6.45) is -0.660. The van der Waals surface area contributed by atoms with Gasteiger partial charge in [-0.2, -0.15) is 0 Å². The Labute approximate surface area is 66.0 Å². The average Bonchev–Trinajstić information content (AvgIpc) is 2.08. The van der Waals surface area contributed by atoms with Crippen LogP contribution in [-0.2, 0) is 0 Å². The summed E-state index contributed by atoms with van der Waals surface area (Å²) in [4.78, 5) is 0. The molecule has 2 N–H and O–H groups in total. The summed E-state index contributed by atoms with van der Waals surface area (Å²) in [7, 11) is 0. The highest BCUT2D eigenvalue weighted by molar-refractivity contribution is 4.99. The van der Waals surface area contributed by atoms with E-state index in [-0.39, 0.29) is 5.41 Å². The van der Waals surface area contributed by atoms with Gasteiger partial charge in [0, 0.05) is 0 Å². The lowest BCUT2D eigenvalue weighted by Gasteiger charge is -2.25. The molecule has 0 heterocycles. The smallest absolute Gasteiger partial charge is 0.256 e. The summed E-state index contributed by atoms with van der Waals surface area (Å²) < 4.78 is 24.7. The Kier molecular flexibility index (Phi) is 1.95. The molecule has 0 aromatic heterocycles. The lowest BCUT2D eigenvalue weighted by molar-refractivity contribution is 0.0515. The molecule has 1 rings (SSSR count). The monoisotopic (exact) mass is 163 g/mol. The van der Waals surface area contributed by atoms with Crippen LogP contribution in [0.25, 0.3) is 0 Å². The van der Waals surface area contributed by atoms with Crippen molar-refractivity contribution in [2.45, 2.75) is 45.1 Å². The Balaban J connectivity index is 2.65. The molecule has 3 heteroatoms. The maximum atomic E-state index is 12.3. The van der Waals surface area contributed by atoms with Crippen molar-refractivity contribution in [3.8, 4) is 0 Å². The van der Waals surface area contributed by atoms with Crippen LogP contribution in [0.2, 0.25) is 0 Å². The third-order valence-electron chi connectivity index (χ3n) is 2.51. The Morgan fingerprint density at radius 3 is 2.00 bits per heavy atom. The van der Waals surface area contributed by atoms with Crippen LogP contribution < -0.4 is 5.73 Å². The van der Waals surface area contributed by atoms with E-state index in [1.807, 2.05) is 13.8 Å². The molecule has 0 radical (unpaired) electrons. The molecular formula is C8H15F2N. The van der Waals surface area contributed by atoms with Crippen LogP contribution in [0.4, 0.5) is 8.78 Å². The maximum absolute atomic E-state index is 12.3. The zero-order valence-corrected chi connectivity index (χ0v) is 7.03. The number of halogens is 2. The fraction of sp³-hybridized carbons (Fsp3) is 1.00. The second-order valence-electron chi connectivity index (χ2n) is 4.37. The van der Waals surface area contributed by atoms with Gasteiger partial charge in [0.25, 0.3) is 6.43 Å².